The first-order valence-corrected chi connectivity index (χ1v) is 9.29. The Hall–Kier alpha value is -3.36. The van der Waals surface area contributed by atoms with Crippen molar-refractivity contribution >= 4 is 34.5 Å². The number of nitrogens with one attached hydrogen (secondary N) is 4. The molecule has 0 fully saturated rings. The number of amides is 2. The van der Waals surface area contributed by atoms with Gasteiger partial charge in [0.25, 0.3) is 5.91 Å². The van der Waals surface area contributed by atoms with E-state index in [0.717, 1.165) is 10.9 Å². The summed E-state index contributed by atoms with van der Waals surface area (Å²) >= 11 is 0. The lowest BCUT2D eigenvalue weighted by Gasteiger charge is -2.19. The molecule has 0 aliphatic carbocycles. The number of fused-ring (bicyclic) bond motifs is 1. The van der Waals surface area contributed by atoms with Gasteiger partial charge in [-0.3, -0.25) is 19.8 Å². The van der Waals surface area contributed by atoms with E-state index in [4.69, 9.17) is 15.9 Å². The summed E-state index contributed by atoms with van der Waals surface area (Å²) in [5, 5.41) is 13.5. The Kier molecular flexibility index (Phi) is 6.98. The summed E-state index contributed by atoms with van der Waals surface area (Å²) < 4.78 is 5.11. The number of rotatable bonds is 8. The topological polar surface area (TPSA) is 150 Å². The number of aromatic amines is 1. The lowest BCUT2D eigenvalue weighted by molar-refractivity contribution is -0.154. The van der Waals surface area contributed by atoms with Gasteiger partial charge < -0.3 is 26.1 Å². The number of carbonyl (C=O) groups is 3. The van der Waals surface area contributed by atoms with Crippen molar-refractivity contribution < 1.29 is 19.1 Å². The van der Waals surface area contributed by atoms with E-state index in [1.54, 1.807) is 45.0 Å². The molecule has 9 nitrogen and oxygen atoms in total. The second kappa shape index (κ2) is 9.22. The quantitative estimate of drug-likeness (QED) is 0.196. The Bertz CT molecular complexity index is 927. The highest BCUT2D eigenvalue weighted by Crippen LogP contribution is 2.17. The summed E-state index contributed by atoms with van der Waals surface area (Å²) in [5.41, 5.74) is 6.62. The van der Waals surface area contributed by atoms with E-state index in [1.807, 2.05) is 0 Å². The lowest BCUT2D eigenvalue weighted by Crippen LogP contribution is -2.35. The molecule has 156 valence electrons. The van der Waals surface area contributed by atoms with Crippen molar-refractivity contribution in [1.82, 2.24) is 15.6 Å². The fraction of sp³-hybridized carbons (Fsp3) is 0.400. The number of nitrogens with two attached hydrogens (primary N) is 1. The van der Waals surface area contributed by atoms with E-state index in [9.17, 15) is 14.4 Å². The molecule has 0 saturated carbocycles. The molecule has 29 heavy (non-hydrogen) atoms. The number of carbonyl (C=O) groups excluding carboxylic acids is 3. The maximum Gasteiger partial charge on any atom is 0.325 e. The molecule has 0 aliphatic rings. The Balaban J connectivity index is 1.74. The van der Waals surface area contributed by atoms with Gasteiger partial charge in [-0.2, -0.15) is 0 Å². The number of ether oxygens (including phenoxy) is 1. The third kappa shape index (κ3) is 6.95. The van der Waals surface area contributed by atoms with Crippen molar-refractivity contribution in [1.29, 1.82) is 5.41 Å². The average molecular weight is 401 g/mol. The molecule has 1 aromatic heterocycles. The summed E-state index contributed by atoms with van der Waals surface area (Å²) in [5.74, 6) is -1.11. The van der Waals surface area contributed by atoms with Gasteiger partial charge >= 0.3 is 5.97 Å². The predicted octanol–water partition coefficient (Wildman–Crippen LogP) is 1.42. The zero-order valence-electron chi connectivity index (χ0n) is 16.8. The maximum absolute atomic E-state index is 12.3. The Morgan fingerprint density at radius 2 is 1.90 bits per heavy atom. The Morgan fingerprint density at radius 3 is 2.55 bits per heavy atom. The summed E-state index contributed by atoms with van der Waals surface area (Å²) in [6, 6.07) is 6.89. The lowest BCUT2D eigenvalue weighted by atomic mass is 10.1. The fourth-order valence-electron chi connectivity index (χ4n) is 2.61. The van der Waals surface area contributed by atoms with Gasteiger partial charge in [-0.15, -0.1) is 0 Å². The standard InChI is InChI=1S/C20H27N5O4/c1-20(2,3)29-17(27)11-24-16(26)5-4-8-23-19(28)15-10-13-9-12(18(21)22)6-7-14(13)25-15/h6-7,9-10,25H,4-5,8,11H2,1-3H3,(H3,21,22)(H,23,28)(H,24,26). The van der Waals surface area contributed by atoms with Crippen LogP contribution in [0.1, 0.15) is 49.7 Å². The van der Waals surface area contributed by atoms with Gasteiger partial charge in [-0.25, -0.2) is 0 Å². The molecule has 0 unspecified atom stereocenters. The van der Waals surface area contributed by atoms with Gasteiger partial charge in [0.05, 0.1) is 0 Å². The highest BCUT2D eigenvalue weighted by molar-refractivity contribution is 6.02. The molecule has 0 atom stereocenters. The smallest absolute Gasteiger partial charge is 0.325 e. The largest absolute Gasteiger partial charge is 0.459 e. The Morgan fingerprint density at radius 1 is 1.17 bits per heavy atom. The van der Waals surface area contributed by atoms with E-state index in [1.165, 1.54) is 0 Å². The fourth-order valence-corrected chi connectivity index (χ4v) is 2.61. The van der Waals surface area contributed by atoms with Gasteiger partial charge in [-0.05, 0) is 51.5 Å². The molecule has 1 heterocycles. The van der Waals surface area contributed by atoms with E-state index in [0.29, 0.717) is 24.2 Å². The van der Waals surface area contributed by atoms with E-state index in [2.05, 4.69) is 15.6 Å². The first-order chi connectivity index (χ1) is 13.5. The number of esters is 1. The van der Waals surface area contributed by atoms with Crippen LogP contribution < -0.4 is 16.4 Å². The molecular formula is C20H27N5O4. The molecule has 0 aliphatic heterocycles. The van der Waals surface area contributed by atoms with Crippen LogP contribution in [0.25, 0.3) is 10.9 Å². The highest BCUT2D eigenvalue weighted by atomic mass is 16.6. The van der Waals surface area contributed by atoms with Crippen molar-refractivity contribution in [3.05, 3.63) is 35.5 Å². The number of aromatic nitrogens is 1. The molecule has 0 radical (unpaired) electrons. The van der Waals surface area contributed by atoms with Crippen LogP contribution in [0.4, 0.5) is 0 Å². The van der Waals surface area contributed by atoms with Gasteiger partial charge in [0.1, 0.15) is 23.7 Å². The monoisotopic (exact) mass is 401 g/mol. The minimum Gasteiger partial charge on any atom is -0.459 e. The Labute approximate surface area is 168 Å². The van der Waals surface area contributed by atoms with Crippen LogP contribution in [0.3, 0.4) is 0 Å². The van der Waals surface area contributed by atoms with Crippen LogP contribution in [-0.4, -0.2) is 47.3 Å². The maximum atomic E-state index is 12.3. The minimum atomic E-state index is -0.595. The molecule has 0 bridgehead atoms. The zero-order chi connectivity index (χ0) is 21.6. The number of nitrogen functional groups attached to an aromatic ring is 1. The number of hydrogen-bond donors (Lipinski definition) is 5. The summed E-state index contributed by atoms with van der Waals surface area (Å²) in [6.45, 7) is 5.40. The molecule has 6 N–H and O–H groups in total. The van der Waals surface area contributed by atoms with Crippen molar-refractivity contribution in [2.75, 3.05) is 13.1 Å². The van der Waals surface area contributed by atoms with Gasteiger partial charge in [-0.1, -0.05) is 0 Å². The number of H-pyrrole nitrogens is 1. The van der Waals surface area contributed by atoms with Crippen LogP contribution in [0.2, 0.25) is 0 Å². The van der Waals surface area contributed by atoms with Crippen LogP contribution in [0.15, 0.2) is 24.3 Å². The third-order valence-corrected chi connectivity index (χ3v) is 3.89. The second-order valence-corrected chi connectivity index (χ2v) is 7.62. The van der Waals surface area contributed by atoms with E-state index < -0.39 is 11.6 Å². The van der Waals surface area contributed by atoms with Gasteiger partial charge in [0.15, 0.2) is 0 Å². The van der Waals surface area contributed by atoms with Crippen molar-refractivity contribution in [2.24, 2.45) is 5.73 Å². The minimum absolute atomic E-state index is 0.0379. The molecule has 9 heteroatoms. The molecule has 1 aromatic carbocycles. The normalized spacial score (nSPS) is 11.1. The summed E-state index contributed by atoms with van der Waals surface area (Å²) in [7, 11) is 0. The molecule has 0 spiro atoms. The predicted molar refractivity (Wildman–Crippen MR) is 110 cm³/mol. The van der Waals surface area contributed by atoms with Crippen LogP contribution in [0.5, 0.6) is 0 Å². The molecule has 0 saturated heterocycles. The van der Waals surface area contributed by atoms with Crippen molar-refractivity contribution in [3.8, 4) is 0 Å². The van der Waals surface area contributed by atoms with Crippen LogP contribution in [-0.2, 0) is 14.3 Å². The number of amidine groups is 1. The SMILES string of the molecule is CC(C)(C)OC(=O)CNC(=O)CCCNC(=O)c1cc2cc(C(=N)N)ccc2[nH]1. The van der Waals surface area contributed by atoms with Gasteiger partial charge in [0.2, 0.25) is 5.91 Å². The third-order valence-electron chi connectivity index (χ3n) is 3.89. The molecular weight excluding hydrogens is 374 g/mol. The number of hydrogen-bond acceptors (Lipinski definition) is 5. The van der Waals surface area contributed by atoms with E-state index in [-0.39, 0.29) is 30.6 Å². The highest BCUT2D eigenvalue weighted by Gasteiger charge is 2.16. The first-order valence-electron chi connectivity index (χ1n) is 9.29. The van der Waals surface area contributed by atoms with E-state index >= 15 is 0 Å². The number of benzene rings is 1. The molecule has 2 rings (SSSR count). The van der Waals surface area contributed by atoms with Crippen molar-refractivity contribution in [2.45, 2.75) is 39.2 Å². The van der Waals surface area contributed by atoms with Crippen LogP contribution >= 0.6 is 0 Å². The van der Waals surface area contributed by atoms with Gasteiger partial charge in [0, 0.05) is 29.4 Å². The molecule has 2 aromatic rings. The van der Waals surface area contributed by atoms with Crippen LogP contribution in [0, 0.1) is 5.41 Å². The zero-order valence-corrected chi connectivity index (χ0v) is 16.8. The first kappa shape index (κ1) is 21.9. The van der Waals surface area contributed by atoms with Crippen molar-refractivity contribution in [3.63, 3.8) is 0 Å². The summed E-state index contributed by atoms with van der Waals surface area (Å²) in [4.78, 5) is 38.6. The second-order valence-electron chi connectivity index (χ2n) is 7.62. The average Bonchev–Trinajstić information content (AvgIpc) is 3.05. The summed E-state index contributed by atoms with van der Waals surface area (Å²) in [6.07, 6.45) is 0.609. The molecule has 2 amide bonds.